The summed E-state index contributed by atoms with van der Waals surface area (Å²) < 4.78 is 32.6. The molecule has 9 heteroatoms. The first-order chi connectivity index (χ1) is 24.8. The van der Waals surface area contributed by atoms with Gasteiger partial charge in [-0.2, -0.15) is 5.26 Å². The Labute approximate surface area is 306 Å². The lowest BCUT2D eigenvalue weighted by atomic mass is 9.93. The molecule has 2 saturated heterocycles. The fourth-order valence-electron chi connectivity index (χ4n) is 7.15. The molecule has 2 aliphatic rings. The van der Waals surface area contributed by atoms with Gasteiger partial charge in [0.25, 0.3) is 0 Å². The van der Waals surface area contributed by atoms with Crippen LogP contribution in [-0.4, -0.2) is 59.8 Å². The summed E-state index contributed by atoms with van der Waals surface area (Å²) in [5, 5.41) is 9.88. The SMILES string of the molecule is Cc1c(COc2cc(OCc3cncc(C#N)c3)c(CN3CCCC[C@H]3C)cc2Cl)cccc1-c1cccc(OCCCN2CC[C@H](F)C2)c1C. The van der Waals surface area contributed by atoms with Gasteiger partial charge in [-0.05, 0) is 99.0 Å². The molecule has 2 aliphatic heterocycles. The normalized spacial score (nSPS) is 18.0. The van der Waals surface area contributed by atoms with Gasteiger partial charge in [0.2, 0.25) is 0 Å². The number of halogens is 2. The predicted molar refractivity (Wildman–Crippen MR) is 200 cm³/mol. The van der Waals surface area contributed by atoms with Crippen LogP contribution in [0.2, 0.25) is 5.02 Å². The van der Waals surface area contributed by atoms with Gasteiger partial charge >= 0.3 is 0 Å². The van der Waals surface area contributed by atoms with E-state index in [2.05, 4.69) is 65.9 Å². The van der Waals surface area contributed by atoms with Crippen molar-refractivity contribution in [2.45, 2.75) is 84.8 Å². The molecule has 0 aliphatic carbocycles. The third-order valence-corrected chi connectivity index (χ3v) is 10.5. The topological polar surface area (TPSA) is 70.8 Å². The summed E-state index contributed by atoms with van der Waals surface area (Å²) in [5.41, 5.74) is 7.83. The quantitative estimate of drug-likeness (QED) is 0.121. The average molecular weight is 711 g/mol. The van der Waals surface area contributed by atoms with Crippen LogP contribution in [0.25, 0.3) is 11.1 Å². The summed E-state index contributed by atoms with van der Waals surface area (Å²) in [6, 6.07) is 20.8. The molecule has 2 atom stereocenters. The van der Waals surface area contributed by atoms with Gasteiger partial charge in [-0.3, -0.25) is 9.88 Å². The van der Waals surface area contributed by atoms with E-state index in [0.29, 0.717) is 54.3 Å². The number of aromatic nitrogens is 1. The second-order valence-electron chi connectivity index (χ2n) is 13.9. The smallest absolute Gasteiger partial charge is 0.142 e. The largest absolute Gasteiger partial charge is 0.493 e. The standard InChI is InChI=1S/C42H48ClFN4O3/c1-29-9-4-5-16-48(29)25-35-20-39(43)42(21-41(35)50-27-33-19-32(22-45)23-46-24-33)51-28-34-10-6-11-37(30(34)2)38-12-7-13-40(31(38)3)49-18-8-15-47-17-14-36(44)26-47/h6-7,10-13,19-21,23-24,29,36H,4-5,8-9,14-18,25-28H2,1-3H3/t29-,36+/m1/s1. The van der Waals surface area contributed by atoms with E-state index in [4.69, 9.17) is 25.8 Å². The zero-order valence-electron chi connectivity index (χ0n) is 30.0. The molecule has 268 valence electrons. The van der Waals surface area contributed by atoms with Crippen LogP contribution in [0, 0.1) is 25.2 Å². The molecular formula is C42H48ClFN4O3. The number of piperidine rings is 1. The number of hydrogen-bond donors (Lipinski definition) is 0. The zero-order chi connectivity index (χ0) is 35.7. The van der Waals surface area contributed by atoms with Gasteiger partial charge in [-0.15, -0.1) is 0 Å². The molecule has 0 radical (unpaired) electrons. The van der Waals surface area contributed by atoms with Crippen LogP contribution in [0.5, 0.6) is 17.2 Å². The van der Waals surface area contributed by atoms with Crippen molar-refractivity contribution in [3.05, 3.63) is 105 Å². The molecule has 0 spiro atoms. The Kier molecular flexibility index (Phi) is 12.5. The Morgan fingerprint density at radius 2 is 1.69 bits per heavy atom. The van der Waals surface area contributed by atoms with E-state index in [9.17, 15) is 9.65 Å². The van der Waals surface area contributed by atoms with Gasteiger partial charge in [-0.25, -0.2) is 4.39 Å². The number of ether oxygens (including phenoxy) is 3. The Hall–Kier alpha value is -4.16. The zero-order valence-corrected chi connectivity index (χ0v) is 30.7. The number of rotatable bonds is 14. The van der Waals surface area contributed by atoms with Crippen LogP contribution in [0.3, 0.4) is 0 Å². The summed E-state index contributed by atoms with van der Waals surface area (Å²) in [6.45, 7) is 11.7. The van der Waals surface area contributed by atoms with E-state index < -0.39 is 6.17 Å². The van der Waals surface area contributed by atoms with E-state index in [1.54, 1.807) is 18.5 Å². The first kappa shape index (κ1) is 36.6. The van der Waals surface area contributed by atoms with Crippen molar-refractivity contribution in [3.8, 4) is 34.4 Å². The number of nitriles is 1. The summed E-state index contributed by atoms with van der Waals surface area (Å²) in [5.74, 6) is 2.13. The summed E-state index contributed by atoms with van der Waals surface area (Å²) >= 11 is 6.90. The molecular weight excluding hydrogens is 663 g/mol. The van der Waals surface area contributed by atoms with Crippen LogP contribution in [0.15, 0.2) is 67.0 Å². The maximum Gasteiger partial charge on any atom is 0.142 e. The van der Waals surface area contributed by atoms with E-state index in [0.717, 1.165) is 77.3 Å². The number of hydrogen-bond acceptors (Lipinski definition) is 7. The monoisotopic (exact) mass is 710 g/mol. The summed E-state index contributed by atoms with van der Waals surface area (Å²) in [6.07, 6.45) is 7.68. The van der Waals surface area contributed by atoms with Crippen LogP contribution in [0.4, 0.5) is 4.39 Å². The van der Waals surface area contributed by atoms with Gasteiger partial charge in [-0.1, -0.05) is 48.4 Å². The van der Waals surface area contributed by atoms with Gasteiger partial charge in [0.05, 0.1) is 17.2 Å². The highest BCUT2D eigenvalue weighted by molar-refractivity contribution is 6.32. The number of alkyl halides is 1. The van der Waals surface area contributed by atoms with Crippen LogP contribution >= 0.6 is 11.6 Å². The number of pyridine rings is 1. The lowest BCUT2D eigenvalue weighted by molar-refractivity contribution is 0.150. The molecule has 6 rings (SSSR count). The molecule has 1 aromatic heterocycles. The van der Waals surface area contributed by atoms with E-state index >= 15 is 0 Å². The van der Waals surface area contributed by atoms with Crippen LogP contribution < -0.4 is 14.2 Å². The molecule has 0 bridgehead atoms. The Morgan fingerprint density at radius 1 is 0.882 bits per heavy atom. The second kappa shape index (κ2) is 17.4. The van der Waals surface area contributed by atoms with E-state index in [1.807, 2.05) is 24.3 Å². The first-order valence-corrected chi connectivity index (χ1v) is 18.5. The number of likely N-dealkylation sites (tertiary alicyclic amines) is 2. The van der Waals surface area contributed by atoms with Crippen molar-refractivity contribution in [3.63, 3.8) is 0 Å². The molecule has 4 aromatic rings. The van der Waals surface area contributed by atoms with E-state index in [1.165, 1.54) is 19.3 Å². The van der Waals surface area contributed by atoms with Gasteiger partial charge in [0.1, 0.15) is 42.7 Å². The van der Waals surface area contributed by atoms with Gasteiger partial charge in [0, 0.05) is 61.8 Å². The molecule has 51 heavy (non-hydrogen) atoms. The maximum atomic E-state index is 13.5. The lowest BCUT2D eigenvalue weighted by Crippen LogP contribution is -2.36. The Bertz CT molecular complexity index is 1850. The average Bonchev–Trinajstić information content (AvgIpc) is 3.56. The minimum atomic E-state index is -0.695. The third-order valence-electron chi connectivity index (χ3n) is 10.2. The molecule has 0 N–H and O–H groups in total. The highest BCUT2D eigenvalue weighted by Crippen LogP contribution is 2.37. The molecule has 0 amide bonds. The van der Waals surface area contributed by atoms with Crippen molar-refractivity contribution in [1.82, 2.24) is 14.8 Å². The van der Waals surface area contributed by atoms with Gasteiger partial charge in [0.15, 0.2) is 0 Å². The Morgan fingerprint density at radius 3 is 2.47 bits per heavy atom. The minimum Gasteiger partial charge on any atom is -0.493 e. The highest BCUT2D eigenvalue weighted by atomic mass is 35.5. The van der Waals surface area contributed by atoms with Crippen LogP contribution in [-0.2, 0) is 19.8 Å². The van der Waals surface area contributed by atoms with Crippen molar-refractivity contribution >= 4 is 11.6 Å². The fourth-order valence-corrected chi connectivity index (χ4v) is 7.39. The van der Waals surface area contributed by atoms with Crippen molar-refractivity contribution in [2.75, 3.05) is 32.8 Å². The summed E-state index contributed by atoms with van der Waals surface area (Å²) in [7, 11) is 0. The molecule has 0 saturated carbocycles. The lowest BCUT2D eigenvalue weighted by Gasteiger charge is -2.33. The third kappa shape index (κ3) is 9.39. The molecule has 3 aromatic carbocycles. The first-order valence-electron chi connectivity index (χ1n) is 18.1. The van der Waals surface area contributed by atoms with Crippen LogP contribution in [0.1, 0.15) is 72.4 Å². The fraction of sp³-hybridized carbons (Fsp3) is 0.429. The number of benzene rings is 3. The second-order valence-corrected chi connectivity index (χ2v) is 14.3. The summed E-state index contributed by atoms with van der Waals surface area (Å²) in [4.78, 5) is 8.85. The van der Waals surface area contributed by atoms with Crippen molar-refractivity contribution in [1.29, 1.82) is 5.26 Å². The van der Waals surface area contributed by atoms with E-state index in [-0.39, 0.29) is 6.61 Å². The molecule has 7 nitrogen and oxygen atoms in total. The maximum absolute atomic E-state index is 13.5. The molecule has 3 heterocycles. The highest BCUT2D eigenvalue weighted by Gasteiger charge is 2.23. The number of nitrogens with zero attached hydrogens (tertiary/aromatic N) is 4. The predicted octanol–water partition coefficient (Wildman–Crippen LogP) is 9.24. The molecule has 0 unspecified atom stereocenters. The minimum absolute atomic E-state index is 0.271. The molecule has 2 fully saturated rings. The van der Waals surface area contributed by atoms with Gasteiger partial charge < -0.3 is 19.1 Å². The Balaban J connectivity index is 1.17. The van der Waals surface area contributed by atoms with Crippen molar-refractivity contribution in [2.24, 2.45) is 0 Å². The van der Waals surface area contributed by atoms with Crippen molar-refractivity contribution < 1.29 is 18.6 Å².